The maximum atomic E-state index is 11.9. The van der Waals surface area contributed by atoms with Crippen molar-refractivity contribution in [2.45, 2.75) is 44.6 Å². The maximum Gasteiger partial charge on any atom is 0.223 e. The van der Waals surface area contributed by atoms with Gasteiger partial charge in [-0.15, -0.1) is 11.3 Å². The highest BCUT2D eigenvalue weighted by Crippen LogP contribution is 2.30. The largest absolute Gasteiger partial charge is 0.354 e. The molecular formula is C16H24N2OS. The van der Waals surface area contributed by atoms with Crippen LogP contribution < -0.4 is 5.32 Å². The zero-order chi connectivity index (χ0) is 13.8. The topological polar surface area (TPSA) is 32.3 Å². The fourth-order valence-corrected chi connectivity index (χ4v) is 3.85. The van der Waals surface area contributed by atoms with Crippen LogP contribution >= 0.6 is 11.3 Å². The number of amides is 1. The number of hydrogen-bond acceptors (Lipinski definition) is 3. The molecule has 4 heteroatoms. The Morgan fingerprint density at radius 1 is 1.30 bits per heavy atom. The summed E-state index contributed by atoms with van der Waals surface area (Å²) in [6, 6.07) is 4.70. The van der Waals surface area contributed by atoms with Crippen molar-refractivity contribution in [1.82, 2.24) is 10.2 Å². The molecule has 110 valence electrons. The maximum absolute atomic E-state index is 11.9. The summed E-state index contributed by atoms with van der Waals surface area (Å²) < 4.78 is 0. The molecule has 1 N–H and O–H groups in total. The molecule has 0 radical (unpaired) electrons. The van der Waals surface area contributed by atoms with Gasteiger partial charge in [0.2, 0.25) is 5.91 Å². The molecule has 0 spiro atoms. The zero-order valence-electron chi connectivity index (χ0n) is 12.0. The number of carbonyl (C=O) groups excluding carboxylic acids is 1. The molecule has 1 aliphatic carbocycles. The van der Waals surface area contributed by atoms with E-state index in [1.54, 1.807) is 0 Å². The highest BCUT2D eigenvalue weighted by Gasteiger charge is 2.30. The third kappa shape index (κ3) is 3.61. The first kappa shape index (κ1) is 14.1. The molecule has 3 nitrogen and oxygen atoms in total. The second-order valence-electron chi connectivity index (χ2n) is 6.00. The minimum atomic E-state index is 0.265. The standard InChI is InChI=1S/C16H24N2OS/c19-16(13-7-8-13)17-12-14(15-6-5-11-20-15)18-9-3-1-2-4-10-18/h5-6,11,13-14H,1-4,7-10,12H2,(H,17,19). The van der Waals surface area contributed by atoms with E-state index in [4.69, 9.17) is 0 Å². The van der Waals surface area contributed by atoms with E-state index in [1.807, 2.05) is 11.3 Å². The second-order valence-corrected chi connectivity index (χ2v) is 6.98. The molecule has 1 amide bonds. The van der Waals surface area contributed by atoms with Gasteiger partial charge in [-0.05, 0) is 50.2 Å². The highest BCUT2D eigenvalue weighted by molar-refractivity contribution is 7.10. The van der Waals surface area contributed by atoms with Crippen LogP contribution in [-0.2, 0) is 4.79 Å². The molecule has 3 rings (SSSR count). The molecule has 20 heavy (non-hydrogen) atoms. The van der Waals surface area contributed by atoms with E-state index in [9.17, 15) is 4.79 Å². The van der Waals surface area contributed by atoms with Crippen molar-refractivity contribution in [1.29, 1.82) is 0 Å². The van der Waals surface area contributed by atoms with Gasteiger partial charge in [-0.25, -0.2) is 0 Å². The van der Waals surface area contributed by atoms with Crippen LogP contribution in [0.1, 0.15) is 49.4 Å². The van der Waals surface area contributed by atoms with Gasteiger partial charge in [0, 0.05) is 17.3 Å². The summed E-state index contributed by atoms with van der Waals surface area (Å²) in [6.45, 7) is 3.11. The monoisotopic (exact) mass is 292 g/mol. The molecule has 0 aromatic carbocycles. The Balaban J connectivity index is 1.64. The van der Waals surface area contributed by atoms with Gasteiger partial charge in [-0.2, -0.15) is 0 Å². The molecule has 1 aliphatic heterocycles. The number of likely N-dealkylation sites (tertiary alicyclic amines) is 1. The van der Waals surface area contributed by atoms with Gasteiger partial charge in [0.15, 0.2) is 0 Å². The van der Waals surface area contributed by atoms with Crippen LogP contribution in [0.4, 0.5) is 0 Å². The molecule has 2 aliphatic rings. The van der Waals surface area contributed by atoms with Crippen molar-refractivity contribution in [3.63, 3.8) is 0 Å². The van der Waals surface area contributed by atoms with E-state index in [2.05, 4.69) is 27.7 Å². The van der Waals surface area contributed by atoms with E-state index >= 15 is 0 Å². The summed E-state index contributed by atoms with van der Waals surface area (Å²) in [7, 11) is 0. The summed E-state index contributed by atoms with van der Waals surface area (Å²) in [6.07, 6.45) is 7.44. The number of nitrogens with zero attached hydrogens (tertiary/aromatic N) is 1. The van der Waals surface area contributed by atoms with Crippen molar-refractivity contribution in [2.24, 2.45) is 5.92 Å². The fourth-order valence-electron chi connectivity index (χ4n) is 2.98. The lowest BCUT2D eigenvalue weighted by molar-refractivity contribution is -0.122. The van der Waals surface area contributed by atoms with Crippen LogP contribution in [0.15, 0.2) is 17.5 Å². The smallest absolute Gasteiger partial charge is 0.223 e. The Labute approximate surface area is 125 Å². The van der Waals surface area contributed by atoms with Crippen molar-refractivity contribution in [3.8, 4) is 0 Å². The van der Waals surface area contributed by atoms with Crippen LogP contribution in [0.5, 0.6) is 0 Å². The van der Waals surface area contributed by atoms with E-state index in [0.29, 0.717) is 12.0 Å². The molecule has 2 heterocycles. The van der Waals surface area contributed by atoms with Crippen molar-refractivity contribution >= 4 is 17.2 Å². The number of carbonyl (C=O) groups is 1. The average molecular weight is 292 g/mol. The third-order valence-electron chi connectivity index (χ3n) is 4.37. The summed E-state index contributed by atoms with van der Waals surface area (Å²) in [4.78, 5) is 15.9. The minimum absolute atomic E-state index is 0.265. The first-order valence-corrected chi connectivity index (χ1v) is 8.78. The van der Waals surface area contributed by atoms with Gasteiger partial charge in [0.05, 0.1) is 6.04 Å². The van der Waals surface area contributed by atoms with E-state index in [0.717, 1.165) is 19.4 Å². The minimum Gasteiger partial charge on any atom is -0.354 e. The fraction of sp³-hybridized carbons (Fsp3) is 0.688. The third-order valence-corrected chi connectivity index (χ3v) is 5.34. The first-order chi connectivity index (χ1) is 9.84. The van der Waals surface area contributed by atoms with Gasteiger partial charge < -0.3 is 5.32 Å². The van der Waals surface area contributed by atoms with Crippen molar-refractivity contribution < 1.29 is 4.79 Å². The molecule has 1 saturated carbocycles. The summed E-state index contributed by atoms with van der Waals surface area (Å²) in [5.41, 5.74) is 0. The summed E-state index contributed by atoms with van der Waals surface area (Å²) in [5, 5.41) is 5.32. The van der Waals surface area contributed by atoms with E-state index in [-0.39, 0.29) is 5.91 Å². The van der Waals surface area contributed by atoms with Gasteiger partial charge in [-0.3, -0.25) is 9.69 Å². The van der Waals surface area contributed by atoms with Gasteiger partial charge in [-0.1, -0.05) is 18.9 Å². The Bertz CT molecular complexity index is 420. The Morgan fingerprint density at radius 3 is 2.65 bits per heavy atom. The Hall–Kier alpha value is -0.870. The predicted octanol–water partition coefficient (Wildman–Crippen LogP) is 3.19. The molecule has 1 aromatic heterocycles. The van der Waals surface area contributed by atoms with Crippen molar-refractivity contribution in [3.05, 3.63) is 22.4 Å². The molecule has 1 aromatic rings. The van der Waals surface area contributed by atoms with Crippen LogP contribution in [0.3, 0.4) is 0 Å². The van der Waals surface area contributed by atoms with Crippen molar-refractivity contribution in [2.75, 3.05) is 19.6 Å². The van der Waals surface area contributed by atoms with Gasteiger partial charge in [0.1, 0.15) is 0 Å². The summed E-state index contributed by atoms with van der Waals surface area (Å²) in [5.74, 6) is 0.574. The van der Waals surface area contributed by atoms with Crippen LogP contribution in [0, 0.1) is 5.92 Å². The second kappa shape index (κ2) is 6.72. The Kier molecular flexibility index (Phi) is 4.73. The number of thiophene rings is 1. The average Bonchev–Trinajstić information content (AvgIpc) is 3.23. The molecule has 0 bridgehead atoms. The van der Waals surface area contributed by atoms with E-state index < -0.39 is 0 Å². The quantitative estimate of drug-likeness (QED) is 0.904. The lowest BCUT2D eigenvalue weighted by atomic mass is 10.2. The first-order valence-electron chi connectivity index (χ1n) is 7.90. The number of nitrogens with one attached hydrogen (secondary N) is 1. The van der Waals surface area contributed by atoms with E-state index in [1.165, 1.54) is 43.6 Å². The van der Waals surface area contributed by atoms with Gasteiger partial charge in [0.25, 0.3) is 0 Å². The molecule has 1 atom stereocenters. The molecule has 1 saturated heterocycles. The number of rotatable bonds is 5. The van der Waals surface area contributed by atoms with Crippen LogP contribution in [0.2, 0.25) is 0 Å². The molecule has 2 fully saturated rings. The lowest BCUT2D eigenvalue weighted by Gasteiger charge is -2.30. The zero-order valence-corrected chi connectivity index (χ0v) is 12.8. The summed E-state index contributed by atoms with van der Waals surface area (Å²) >= 11 is 1.81. The lowest BCUT2D eigenvalue weighted by Crippen LogP contribution is -2.38. The van der Waals surface area contributed by atoms with Crippen LogP contribution in [-0.4, -0.2) is 30.4 Å². The molecular weight excluding hydrogens is 268 g/mol. The highest BCUT2D eigenvalue weighted by atomic mass is 32.1. The predicted molar refractivity (Wildman–Crippen MR) is 82.8 cm³/mol. The Morgan fingerprint density at radius 2 is 2.05 bits per heavy atom. The number of hydrogen-bond donors (Lipinski definition) is 1. The SMILES string of the molecule is O=C(NCC(c1cccs1)N1CCCCCC1)C1CC1. The van der Waals surface area contributed by atoms with Crippen LogP contribution in [0.25, 0.3) is 0 Å². The van der Waals surface area contributed by atoms with Gasteiger partial charge >= 0.3 is 0 Å². The normalized spacial score (nSPS) is 22.2. The molecule has 1 unspecified atom stereocenters.